The van der Waals surface area contributed by atoms with Crippen LogP contribution in [0.4, 0.5) is 18.0 Å². The summed E-state index contributed by atoms with van der Waals surface area (Å²) in [7, 11) is 1.52. The molecule has 61 heavy (non-hydrogen) atoms. The molecule has 8 rings (SSSR count). The van der Waals surface area contributed by atoms with Crippen molar-refractivity contribution in [1.82, 2.24) is 30.1 Å². The summed E-state index contributed by atoms with van der Waals surface area (Å²) in [5.41, 5.74) is 1.30. The summed E-state index contributed by atoms with van der Waals surface area (Å²) in [5, 5.41) is 12.9. The number of nitrogens with zero attached hydrogens (tertiary/aromatic N) is 5. The molecule has 1 N–H and O–H groups in total. The van der Waals surface area contributed by atoms with Crippen LogP contribution in [-0.4, -0.2) is 69.2 Å². The van der Waals surface area contributed by atoms with Gasteiger partial charge < -0.3 is 29.0 Å². The lowest BCUT2D eigenvalue weighted by molar-refractivity contribution is 0.00290. The second-order valence-corrected chi connectivity index (χ2v) is 18.0. The number of methoxy groups -OCH3 is 1. The molecule has 15 heteroatoms. The Kier molecular flexibility index (Phi) is 12.0. The Bertz CT molecular complexity index is 2350. The first-order valence-electron chi connectivity index (χ1n) is 21.3. The third kappa shape index (κ3) is 9.50. The maximum Gasteiger partial charge on any atom is 0.410 e. The maximum atomic E-state index is 15.0. The summed E-state index contributed by atoms with van der Waals surface area (Å²) in [6.07, 6.45) is 11.1. The van der Waals surface area contributed by atoms with Gasteiger partial charge in [-0.1, -0.05) is 29.4 Å². The Hall–Kier alpha value is -5.60. The van der Waals surface area contributed by atoms with Gasteiger partial charge in [-0.3, -0.25) is 9.48 Å². The standard InChI is InChI=1S/C46H53F3N6O6/c1-45(2,3)60-44(57)54-21-19-46(20-22-54)17-15-30(16-18-46)43-51-41(53-61-43)31-9-10-32-26-55(52-37(32)23-31)33-11-5-28(6-12-33)25-50-42(56)35-24-36(47)40(39(49)38(35)48)59-27-29-7-13-34(58-4)14-8-29/h7-10,13-14,23-24,26,28,30,33H,5-6,11-12,15-22,25,27H2,1-4H3,(H,50,56). The van der Waals surface area contributed by atoms with Gasteiger partial charge in [0.05, 0.1) is 24.2 Å². The monoisotopic (exact) mass is 842 g/mol. The lowest BCUT2D eigenvalue weighted by Gasteiger charge is -2.45. The number of fused-ring (bicyclic) bond motifs is 1. The normalized spacial score (nSPS) is 19.6. The van der Waals surface area contributed by atoms with Crippen LogP contribution in [0.2, 0.25) is 0 Å². The molecule has 2 amide bonds. The SMILES string of the molecule is COc1ccc(COc2c(F)cc(C(=O)NCC3CCC(n4cc5ccc(-c6noc(C7CCC8(CC7)CCN(C(=O)OC(C)(C)C)CC8)n6)cc5n4)CC3)c(F)c2F)cc1. The molecule has 3 aromatic carbocycles. The summed E-state index contributed by atoms with van der Waals surface area (Å²) >= 11 is 0. The lowest BCUT2D eigenvalue weighted by atomic mass is 9.65. The number of likely N-dealkylation sites (tertiary alicyclic amines) is 1. The molecule has 2 aliphatic carbocycles. The third-order valence-electron chi connectivity index (χ3n) is 12.7. The number of hydrogen-bond donors (Lipinski definition) is 1. The Morgan fingerprint density at radius 1 is 0.918 bits per heavy atom. The number of ether oxygens (including phenoxy) is 3. The van der Waals surface area contributed by atoms with E-state index in [2.05, 4.69) is 10.5 Å². The van der Waals surface area contributed by atoms with Crippen molar-refractivity contribution < 1.29 is 41.5 Å². The fourth-order valence-corrected chi connectivity index (χ4v) is 9.05. The molecule has 12 nitrogen and oxygen atoms in total. The van der Waals surface area contributed by atoms with Crippen LogP contribution in [0.5, 0.6) is 11.5 Å². The largest absolute Gasteiger partial charge is 0.497 e. The Labute approximate surface area is 353 Å². The molecule has 0 unspecified atom stereocenters. The van der Waals surface area contributed by atoms with Crippen molar-refractivity contribution in [2.24, 2.45) is 11.3 Å². The first kappa shape index (κ1) is 42.1. The Morgan fingerprint density at radius 3 is 2.33 bits per heavy atom. The van der Waals surface area contributed by atoms with Crippen molar-refractivity contribution in [2.75, 3.05) is 26.7 Å². The van der Waals surface area contributed by atoms with Crippen LogP contribution in [0.25, 0.3) is 22.3 Å². The molecular weight excluding hydrogens is 790 g/mol. The average Bonchev–Trinajstić information content (AvgIpc) is 3.93. The van der Waals surface area contributed by atoms with Gasteiger partial charge in [-0.05, 0) is 126 Å². The Balaban J connectivity index is 0.806. The van der Waals surface area contributed by atoms with Crippen molar-refractivity contribution in [1.29, 1.82) is 0 Å². The predicted octanol–water partition coefficient (Wildman–Crippen LogP) is 9.93. The van der Waals surface area contributed by atoms with Gasteiger partial charge in [0.1, 0.15) is 18.0 Å². The van der Waals surface area contributed by atoms with Gasteiger partial charge in [0.2, 0.25) is 17.5 Å². The number of hydrogen-bond acceptors (Lipinski definition) is 9. The van der Waals surface area contributed by atoms with Gasteiger partial charge >= 0.3 is 6.09 Å². The van der Waals surface area contributed by atoms with E-state index in [1.807, 2.05) is 54.7 Å². The number of rotatable bonds is 10. The number of carbonyl (C=O) groups excluding carboxylic acids is 2. The van der Waals surface area contributed by atoms with Crippen LogP contribution in [0.3, 0.4) is 0 Å². The topological polar surface area (TPSA) is 134 Å². The van der Waals surface area contributed by atoms with Crippen LogP contribution in [0.1, 0.15) is 119 Å². The highest BCUT2D eigenvalue weighted by Crippen LogP contribution is 2.49. The molecule has 5 aromatic rings. The van der Waals surface area contributed by atoms with Crippen molar-refractivity contribution in [3.8, 4) is 22.9 Å². The van der Waals surface area contributed by atoms with E-state index >= 15 is 0 Å². The molecule has 3 heterocycles. The third-order valence-corrected chi connectivity index (χ3v) is 12.7. The zero-order valence-corrected chi connectivity index (χ0v) is 35.1. The number of halogens is 3. The maximum absolute atomic E-state index is 15.0. The molecule has 324 valence electrons. The van der Waals surface area contributed by atoms with E-state index in [-0.39, 0.29) is 42.5 Å². The highest BCUT2D eigenvalue weighted by atomic mass is 19.2. The van der Waals surface area contributed by atoms with Crippen molar-refractivity contribution in [3.63, 3.8) is 0 Å². The minimum absolute atomic E-state index is 0.112. The van der Waals surface area contributed by atoms with E-state index in [1.165, 1.54) is 7.11 Å². The number of amides is 2. The number of carbonyl (C=O) groups is 2. The van der Waals surface area contributed by atoms with E-state index in [1.54, 1.807) is 24.3 Å². The molecule has 1 spiro atoms. The fraction of sp³-hybridized carbons (Fsp3) is 0.500. The summed E-state index contributed by atoms with van der Waals surface area (Å²) < 4.78 is 68.5. The van der Waals surface area contributed by atoms with E-state index in [0.29, 0.717) is 29.1 Å². The average molecular weight is 843 g/mol. The molecule has 1 aliphatic heterocycles. The van der Waals surface area contributed by atoms with E-state index in [9.17, 15) is 22.8 Å². The van der Waals surface area contributed by atoms with Crippen LogP contribution in [0.15, 0.2) is 59.3 Å². The predicted molar refractivity (Wildman–Crippen MR) is 221 cm³/mol. The quantitative estimate of drug-likeness (QED) is 0.136. The number of benzene rings is 3. The summed E-state index contributed by atoms with van der Waals surface area (Å²) in [6.45, 7) is 7.18. The van der Waals surface area contributed by atoms with Gasteiger partial charge in [-0.15, -0.1) is 0 Å². The molecular formula is C46H53F3N6O6. The Morgan fingerprint density at radius 2 is 1.64 bits per heavy atom. The molecule has 2 saturated carbocycles. The fourth-order valence-electron chi connectivity index (χ4n) is 9.05. The van der Waals surface area contributed by atoms with Crippen LogP contribution in [-0.2, 0) is 11.3 Å². The number of nitrogens with one attached hydrogen (secondary N) is 1. The van der Waals surface area contributed by atoms with Gasteiger partial charge in [-0.2, -0.15) is 14.5 Å². The van der Waals surface area contributed by atoms with Crippen LogP contribution in [0, 0.1) is 28.8 Å². The molecule has 3 fully saturated rings. The summed E-state index contributed by atoms with van der Waals surface area (Å²) in [6, 6.07) is 13.5. The minimum Gasteiger partial charge on any atom is -0.497 e. The molecule has 1 saturated heterocycles. The van der Waals surface area contributed by atoms with E-state index < -0.39 is 40.3 Å². The van der Waals surface area contributed by atoms with Crippen LogP contribution >= 0.6 is 0 Å². The second kappa shape index (κ2) is 17.4. The molecule has 3 aliphatic rings. The molecule has 0 radical (unpaired) electrons. The van der Waals surface area contributed by atoms with E-state index in [0.717, 1.165) is 93.8 Å². The zero-order valence-electron chi connectivity index (χ0n) is 35.1. The highest BCUT2D eigenvalue weighted by molar-refractivity contribution is 5.94. The number of aromatic nitrogens is 4. The molecule has 0 bridgehead atoms. The lowest BCUT2D eigenvalue weighted by Crippen LogP contribution is -2.46. The first-order chi connectivity index (χ1) is 29.3. The smallest absolute Gasteiger partial charge is 0.410 e. The highest BCUT2D eigenvalue weighted by Gasteiger charge is 2.41. The summed E-state index contributed by atoms with van der Waals surface area (Å²) in [4.78, 5) is 32.1. The molecule has 0 atom stereocenters. The van der Waals surface area contributed by atoms with Gasteiger partial charge in [0.15, 0.2) is 17.4 Å². The van der Waals surface area contributed by atoms with Crippen molar-refractivity contribution in [2.45, 2.75) is 109 Å². The first-order valence-corrected chi connectivity index (χ1v) is 21.3. The van der Waals surface area contributed by atoms with E-state index in [4.69, 9.17) is 28.8 Å². The molecule has 2 aromatic heterocycles. The second-order valence-electron chi connectivity index (χ2n) is 18.0. The summed E-state index contributed by atoms with van der Waals surface area (Å²) in [5.74, 6) is -3.81. The van der Waals surface area contributed by atoms with Gasteiger partial charge in [-0.25, -0.2) is 13.6 Å². The van der Waals surface area contributed by atoms with Crippen molar-refractivity contribution in [3.05, 3.63) is 89.2 Å². The van der Waals surface area contributed by atoms with Crippen LogP contribution < -0.4 is 14.8 Å². The van der Waals surface area contributed by atoms with Gasteiger partial charge in [0.25, 0.3) is 5.91 Å². The minimum atomic E-state index is -1.55. The van der Waals surface area contributed by atoms with Crippen molar-refractivity contribution >= 4 is 22.9 Å². The zero-order chi connectivity index (χ0) is 42.9. The number of piperidine rings is 1. The van der Waals surface area contributed by atoms with Gasteiger partial charge in [0, 0.05) is 42.7 Å².